The fourth-order valence-electron chi connectivity index (χ4n) is 0.990. The topological polar surface area (TPSA) is 49.3 Å². The summed E-state index contributed by atoms with van der Waals surface area (Å²) in [5.41, 5.74) is -2.68. The summed E-state index contributed by atoms with van der Waals surface area (Å²) in [5, 5.41) is 11.5. The predicted molar refractivity (Wildman–Crippen MR) is 55.2 cm³/mol. The molecule has 0 spiro atoms. The highest BCUT2D eigenvalue weighted by Gasteiger charge is 2.31. The number of anilines is 1. The SMILES string of the molecule is CC(C)(O)C(=O)Nc1[c]ccc(C(F)(F)F)c1. The van der Waals surface area contributed by atoms with Gasteiger partial charge in [0.15, 0.2) is 0 Å². The van der Waals surface area contributed by atoms with E-state index in [1.807, 2.05) is 0 Å². The molecule has 93 valence electrons. The Hall–Kier alpha value is -1.56. The second-order valence-electron chi connectivity index (χ2n) is 4.00. The highest BCUT2D eigenvalue weighted by molar-refractivity contribution is 5.96. The Morgan fingerprint density at radius 3 is 2.47 bits per heavy atom. The van der Waals surface area contributed by atoms with Gasteiger partial charge in [0.25, 0.3) is 5.91 Å². The fourth-order valence-corrected chi connectivity index (χ4v) is 0.990. The Morgan fingerprint density at radius 1 is 1.41 bits per heavy atom. The van der Waals surface area contributed by atoms with Crippen LogP contribution in [0.3, 0.4) is 0 Å². The molecule has 0 unspecified atom stereocenters. The maximum atomic E-state index is 12.4. The second kappa shape index (κ2) is 4.37. The van der Waals surface area contributed by atoms with Gasteiger partial charge in [-0.15, -0.1) is 0 Å². The largest absolute Gasteiger partial charge is 0.416 e. The van der Waals surface area contributed by atoms with Crippen LogP contribution in [0.2, 0.25) is 0 Å². The molecule has 0 saturated carbocycles. The van der Waals surface area contributed by atoms with Gasteiger partial charge in [0.2, 0.25) is 0 Å². The average Bonchev–Trinajstić information content (AvgIpc) is 2.15. The van der Waals surface area contributed by atoms with E-state index >= 15 is 0 Å². The Morgan fingerprint density at radius 2 is 2.00 bits per heavy atom. The first-order chi connectivity index (χ1) is 7.60. The van der Waals surface area contributed by atoms with E-state index in [0.717, 1.165) is 18.2 Å². The van der Waals surface area contributed by atoms with Gasteiger partial charge in [-0.1, -0.05) is 6.07 Å². The summed E-state index contributed by atoms with van der Waals surface area (Å²) in [4.78, 5) is 11.3. The van der Waals surface area contributed by atoms with Crippen LogP contribution >= 0.6 is 0 Å². The minimum Gasteiger partial charge on any atom is -0.381 e. The van der Waals surface area contributed by atoms with Crippen LogP contribution in [0, 0.1) is 6.07 Å². The number of halogens is 3. The smallest absolute Gasteiger partial charge is 0.381 e. The zero-order chi connectivity index (χ0) is 13.3. The minimum atomic E-state index is -4.48. The molecule has 2 N–H and O–H groups in total. The van der Waals surface area contributed by atoms with Crippen molar-refractivity contribution in [2.45, 2.75) is 25.6 Å². The van der Waals surface area contributed by atoms with Gasteiger partial charge in [-0.3, -0.25) is 4.79 Å². The van der Waals surface area contributed by atoms with Gasteiger partial charge in [0, 0.05) is 11.8 Å². The van der Waals surface area contributed by atoms with Crippen LogP contribution in [0.25, 0.3) is 0 Å². The predicted octanol–water partition coefficient (Wildman–Crippen LogP) is 2.21. The third-order valence-electron chi connectivity index (χ3n) is 1.93. The van der Waals surface area contributed by atoms with E-state index in [1.165, 1.54) is 13.8 Å². The van der Waals surface area contributed by atoms with E-state index < -0.39 is 23.2 Å². The molecule has 3 nitrogen and oxygen atoms in total. The first-order valence-corrected chi connectivity index (χ1v) is 4.73. The van der Waals surface area contributed by atoms with Crippen molar-refractivity contribution in [3.63, 3.8) is 0 Å². The van der Waals surface area contributed by atoms with Crippen molar-refractivity contribution in [3.05, 3.63) is 29.8 Å². The maximum Gasteiger partial charge on any atom is 0.416 e. The number of carbonyl (C=O) groups excluding carboxylic acids is 1. The maximum absolute atomic E-state index is 12.4. The first-order valence-electron chi connectivity index (χ1n) is 4.73. The summed E-state index contributed by atoms with van der Waals surface area (Å²) >= 11 is 0. The summed E-state index contributed by atoms with van der Waals surface area (Å²) in [7, 11) is 0. The summed E-state index contributed by atoms with van der Waals surface area (Å²) in [6.45, 7) is 2.46. The molecule has 1 aromatic rings. The number of carbonyl (C=O) groups is 1. The van der Waals surface area contributed by atoms with E-state index in [0.29, 0.717) is 0 Å². The summed E-state index contributed by atoms with van der Waals surface area (Å²) < 4.78 is 37.1. The van der Waals surface area contributed by atoms with Crippen LogP contribution in [0.4, 0.5) is 18.9 Å². The molecule has 0 aliphatic carbocycles. The summed E-state index contributed by atoms with van der Waals surface area (Å²) in [6, 6.07) is 5.10. The van der Waals surface area contributed by atoms with Crippen LogP contribution in [0.15, 0.2) is 18.2 Å². The van der Waals surface area contributed by atoms with Gasteiger partial charge in [0.1, 0.15) is 5.60 Å². The number of rotatable bonds is 2. The molecule has 6 heteroatoms. The molecular weight excluding hydrogens is 235 g/mol. The van der Waals surface area contributed by atoms with E-state index in [2.05, 4.69) is 11.4 Å². The Bertz CT molecular complexity index is 421. The van der Waals surface area contributed by atoms with Gasteiger partial charge >= 0.3 is 6.18 Å². The Kier molecular flexibility index (Phi) is 3.47. The highest BCUT2D eigenvalue weighted by Crippen LogP contribution is 2.30. The molecule has 0 fully saturated rings. The normalized spacial score (nSPS) is 12.4. The number of amides is 1. The number of aliphatic hydroxyl groups is 1. The monoisotopic (exact) mass is 246 g/mol. The molecule has 1 rings (SSSR count). The van der Waals surface area contributed by atoms with Crippen LogP contribution in [-0.2, 0) is 11.0 Å². The minimum absolute atomic E-state index is 0.132. The molecule has 17 heavy (non-hydrogen) atoms. The third kappa shape index (κ3) is 3.74. The Balaban J connectivity index is 2.91. The quantitative estimate of drug-likeness (QED) is 0.840. The molecule has 0 aromatic heterocycles. The highest BCUT2D eigenvalue weighted by atomic mass is 19.4. The zero-order valence-electron chi connectivity index (χ0n) is 9.22. The van der Waals surface area contributed by atoms with Crippen molar-refractivity contribution in [3.8, 4) is 0 Å². The van der Waals surface area contributed by atoms with Crippen LogP contribution in [0.1, 0.15) is 19.4 Å². The summed E-state index contributed by atoms with van der Waals surface area (Å²) in [6.07, 6.45) is -4.48. The molecule has 1 aromatic carbocycles. The molecule has 1 radical (unpaired) electrons. The lowest BCUT2D eigenvalue weighted by molar-refractivity contribution is -0.137. The van der Waals surface area contributed by atoms with Gasteiger partial charge in [-0.2, -0.15) is 13.2 Å². The summed E-state index contributed by atoms with van der Waals surface area (Å²) in [5.74, 6) is -0.798. The van der Waals surface area contributed by atoms with Crippen molar-refractivity contribution in [1.29, 1.82) is 0 Å². The fraction of sp³-hybridized carbons (Fsp3) is 0.364. The number of alkyl halides is 3. The van der Waals surface area contributed by atoms with E-state index in [9.17, 15) is 23.1 Å². The lowest BCUT2D eigenvalue weighted by Gasteiger charge is -2.17. The van der Waals surface area contributed by atoms with Crippen molar-refractivity contribution < 1.29 is 23.1 Å². The molecule has 0 heterocycles. The van der Waals surface area contributed by atoms with E-state index in [-0.39, 0.29) is 5.69 Å². The van der Waals surface area contributed by atoms with Crippen LogP contribution in [-0.4, -0.2) is 16.6 Å². The average molecular weight is 246 g/mol. The Labute approximate surface area is 96.3 Å². The van der Waals surface area contributed by atoms with Crippen molar-refractivity contribution in [1.82, 2.24) is 0 Å². The van der Waals surface area contributed by atoms with Gasteiger partial charge in [0.05, 0.1) is 5.56 Å². The zero-order valence-corrected chi connectivity index (χ0v) is 9.22. The van der Waals surface area contributed by atoms with E-state index in [1.54, 1.807) is 0 Å². The number of hydrogen-bond acceptors (Lipinski definition) is 2. The number of hydrogen-bond donors (Lipinski definition) is 2. The van der Waals surface area contributed by atoms with E-state index in [4.69, 9.17) is 0 Å². The molecule has 1 amide bonds. The lowest BCUT2D eigenvalue weighted by atomic mass is 10.1. The molecular formula is C11H11F3NO2. The van der Waals surface area contributed by atoms with Crippen molar-refractivity contribution in [2.24, 2.45) is 0 Å². The number of benzene rings is 1. The molecule has 0 saturated heterocycles. The van der Waals surface area contributed by atoms with Crippen molar-refractivity contribution in [2.75, 3.05) is 5.32 Å². The third-order valence-corrected chi connectivity index (χ3v) is 1.93. The standard InChI is InChI=1S/C11H11F3NO2/c1-10(2,17)9(16)15-8-5-3-4-7(6-8)11(12,13)14/h3-4,6,17H,1-2H3,(H,15,16). The molecule has 0 aliphatic heterocycles. The van der Waals surface area contributed by atoms with Crippen molar-refractivity contribution >= 4 is 11.6 Å². The van der Waals surface area contributed by atoms with Gasteiger partial charge in [-0.05, 0) is 26.0 Å². The lowest BCUT2D eigenvalue weighted by Crippen LogP contribution is -2.36. The first kappa shape index (κ1) is 13.5. The molecule has 0 atom stereocenters. The molecule has 0 aliphatic rings. The van der Waals surface area contributed by atoms with Gasteiger partial charge in [-0.25, -0.2) is 0 Å². The van der Waals surface area contributed by atoms with Crippen LogP contribution < -0.4 is 5.32 Å². The molecule has 0 bridgehead atoms. The van der Waals surface area contributed by atoms with Gasteiger partial charge < -0.3 is 10.4 Å². The number of nitrogens with one attached hydrogen (secondary N) is 1. The second-order valence-corrected chi connectivity index (χ2v) is 4.00. The van der Waals surface area contributed by atoms with Crippen LogP contribution in [0.5, 0.6) is 0 Å².